The molecule has 296 valence electrons. The minimum atomic E-state index is -4.30. The number of aromatic nitrogens is 5. The minimum Gasteiger partial charge on any atom is -0.452 e. The summed E-state index contributed by atoms with van der Waals surface area (Å²) < 4.78 is 48.3. The second kappa shape index (κ2) is 32.0. The Morgan fingerprint density at radius 3 is 1.25 bits per heavy atom. The SMILES string of the molecule is C.C1=NC=NC1.C1=NC=NC1.CC1=NC=NC1.CC1=NCC=N1.CC1=NCC=N1.Cc1nnco1.Cc1nnco1.FC(F)(F)C1=NC=NC1.c1cocn1. The third-order valence-corrected chi connectivity index (χ3v) is 5.07. The predicted octanol–water partition coefficient (Wildman–Crippen LogP) is 4.76. The Labute approximate surface area is 315 Å². The zero-order valence-corrected chi connectivity index (χ0v) is 30.2. The Kier molecular flexibility index (Phi) is 28.1. The van der Waals surface area contributed by atoms with Crippen molar-refractivity contribution in [2.45, 2.75) is 48.2 Å². The fourth-order valence-corrected chi connectivity index (χ4v) is 2.67. The van der Waals surface area contributed by atoms with Crippen LogP contribution < -0.4 is 0 Å². The van der Waals surface area contributed by atoms with Crippen molar-refractivity contribution in [3.8, 4) is 0 Å². The van der Waals surface area contributed by atoms with Gasteiger partial charge < -0.3 is 13.3 Å². The average Bonchev–Trinajstić information content (AvgIpc) is 4.02. The molecule has 0 unspecified atom stereocenters. The number of rotatable bonds is 0. The molecule has 0 atom stereocenters. The average molecular weight is 772 g/mol. The van der Waals surface area contributed by atoms with Crippen LogP contribution in [-0.4, -0.2) is 144 Å². The van der Waals surface area contributed by atoms with Crippen LogP contribution in [0, 0.1) is 13.8 Å². The summed E-state index contributed by atoms with van der Waals surface area (Å²) in [5, 5.41) is 13.8. The first-order chi connectivity index (χ1) is 26.1. The lowest BCUT2D eigenvalue weighted by Crippen LogP contribution is -2.23. The molecule has 0 fully saturated rings. The van der Waals surface area contributed by atoms with Gasteiger partial charge in [-0.05, 0) is 20.8 Å². The van der Waals surface area contributed by atoms with Crippen LogP contribution in [0.15, 0.2) is 105 Å². The van der Waals surface area contributed by atoms with E-state index in [0.717, 1.165) is 56.4 Å². The van der Waals surface area contributed by atoms with E-state index >= 15 is 0 Å². The van der Waals surface area contributed by atoms with Crippen molar-refractivity contribution in [2.24, 2.45) is 59.9 Å². The standard InChI is InChI=1S/C4H3F3N2.3C4H6N2.2C3H4N2O.2C3H4N2.C3H3NO.CH4/c5-4(6,7)3-1-8-2-9-3;1-4-2-5-3-6-4;2*1-4-5-2-3-6-4;2*1-3-5-4-2-6-3;3*1-2-5-3-4-1;/h2H,1H2;3H,2H2,1H3;2*2H,3H2,1H3;2*2H,1H3;2*1,3H,2H2;1-3H;1H4. The predicted molar refractivity (Wildman–Crippen MR) is 211 cm³/mol. The maximum Gasteiger partial charge on any atom is 0.431 e. The highest BCUT2D eigenvalue weighted by atomic mass is 19.4. The lowest BCUT2D eigenvalue weighted by molar-refractivity contribution is -0.0592. The summed E-state index contributed by atoms with van der Waals surface area (Å²) in [5.74, 6) is 3.01. The van der Waals surface area contributed by atoms with Gasteiger partial charge in [-0.2, -0.15) is 13.2 Å². The summed E-state index contributed by atoms with van der Waals surface area (Å²) in [6, 6.07) is 0. The molecule has 6 aliphatic rings. The topological polar surface area (TPSA) is 252 Å². The largest absolute Gasteiger partial charge is 0.452 e. The van der Waals surface area contributed by atoms with Gasteiger partial charge in [-0.25, -0.2) is 34.9 Å². The number of hydrogen-bond acceptors (Lipinski definition) is 20. The van der Waals surface area contributed by atoms with E-state index in [1.54, 1.807) is 63.9 Å². The van der Waals surface area contributed by atoms with E-state index in [-0.39, 0.29) is 14.0 Å². The van der Waals surface area contributed by atoms with Gasteiger partial charge in [0.2, 0.25) is 24.6 Å². The van der Waals surface area contributed by atoms with Crippen molar-refractivity contribution in [2.75, 3.05) is 39.3 Å². The monoisotopic (exact) mass is 771 g/mol. The molecule has 55 heavy (non-hydrogen) atoms. The highest BCUT2D eigenvalue weighted by Crippen LogP contribution is 2.18. The fourth-order valence-electron chi connectivity index (χ4n) is 2.67. The second-order valence-electron chi connectivity index (χ2n) is 9.47. The molecule has 0 aliphatic carbocycles. The molecular weight excluding hydrogens is 727 g/mol. The van der Waals surface area contributed by atoms with Gasteiger partial charge >= 0.3 is 6.18 Å². The molecule has 0 saturated heterocycles. The van der Waals surface area contributed by atoms with Crippen molar-refractivity contribution < 1.29 is 26.4 Å². The first kappa shape index (κ1) is 48.3. The molecular formula is C32H44F3N17O3. The maximum atomic E-state index is 11.5. The van der Waals surface area contributed by atoms with Crippen LogP contribution in [0.25, 0.3) is 0 Å². The van der Waals surface area contributed by atoms with Crippen molar-refractivity contribution in [3.63, 3.8) is 0 Å². The van der Waals surface area contributed by atoms with E-state index in [9.17, 15) is 13.2 Å². The van der Waals surface area contributed by atoms with Gasteiger partial charge in [-0.3, -0.25) is 30.0 Å². The molecule has 0 aromatic carbocycles. The summed E-state index contributed by atoms with van der Waals surface area (Å²) in [7, 11) is 0. The molecule has 0 spiro atoms. The Hall–Kier alpha value is -6.68. The molecule has 0 N–H and O–H groups in total. The molecule has 9 heterocycles. The summed E-state index contributed by atoms with van der Waals surface area (Å²) >= 11 is 0. The quantitative estimate of drug-likeness (QED) is 0.307. The minimum absolute atomic E-state index is 0. The Morgan fingerprint density at radius 1 is 0.600 bits per heavy atom. The number of hydrogen-bond donors (Lipinski definition) is 0. The molecule has 6 aliphatic heterocycles. The van der Waals surface area contributed by atoms with E-state index in [2.05, 4.69) is 98.5 Å². The molecule has 9 rings (SSSR count). The number of oxazole rings is 1. The van der Waals surface area contributed by atoms with Gasteiger partial charge in [0.05, 0.1) is 45.5 Å². The third-order valence-electron chi connectivity index (χ3n) is 5.07. The van der Waals surface area contributed by atoms with E-state index in [4.69, 9.17) is 0 Å². The molecule has 3 aromatic rings. The van der Waals surface area contributed by atoms with Crippen LogP contribution in [-0.2, 0) is 0 Å². The lowest BCUT2D eigenvalue weighted by Gasteiger charge is -2.01. The van der Waals surface area contributed by atoms with Gasteiger partial charge in [0, 0.05) is 44.4 Å². The van der Waals surface area contributed by atoms with Crippen LogP contribution in [0.3, 0.4) is 0 Å². The normalized spacial score (nSPS) is 14.9. The van der Waals surface area contributed by atoms with Crippen LogP contribution >= 0.6 is 0 Å². The lowest BCUT2D eigenvalue weighted by atomic mass is 10.4. The first-order valence-electron chi connectivity index (χ1n) is 15.6. The van der Waals surface area contributed by atoms with Gasteiger partial charge in [-0.1, -0.05) is 7.43 Å². The Bertz CT molecular complexity index is 1630. The van der Waals surface area contributed by atoms with Gasteiger partial charge in [0.15, 0.2) is 6.39 Å². The molecule has 3 aromatic heterocycles. The van der Waals surface area contributed by atoms with E-state index < -0.39 is 11.9 Å². The van der Waals surface area contributed by atoms with Crippen molar-refractivity contribution in [1.82, 2.24) is 25.4 Å². The number of amidine groups is 2. The third kappa shape index (κ3) is 30.6. The molecule has 0 bridgehead atoms. The summed E-state index contributed by atoms with van der Waals surface area (Å²) in [4.78, 5) is 47.9. The summed E-state index contributed by atoms with van der Waals surface area (Å²) in [5.41, 5.74) is 0.289. The molecule has 20 nitrogen and oxygen atoms in total. The van der Waals surface area contributed by atoms with Crippen LogP contribution in [0.1, 0.15) is 40.0 Å². The number of alkyl halides is 3. The fraction of sp³-hybridized carbons (Fsp3) is 0.406. The number of nitrogens with zero attached hydrogens (tertiary/aromatic N) is 17. The van der Waals surface area contributed by atoms with E-state index in [0.29, 0.717) is 11.8 Å². The van der Waals surface area contributed by atoms with Gasteiger partial charge in [0.25, 0.3) is 0 Å². The van der Waals surface area contributed by atoms with Crippen LogP contribution in [0.2, 0.25) is 0 Å². The highest BCUT2D eigenvalue weighted by Gasteiger charge is 2.36. The summed E-state index contributed by atoms with van der Waals surface area (Å²) in [6.07, 6.45) is 15.5. The van der Waals surface area contributed by atoms with Crippen LogP contribution in [0.5, 0.6) is 0 Å². The number of aryl methyl sites for hydroxylation is 2. The zero-order valence-electron chi connectivity index (χ0n) is 30.2. The molecule has 0 amide bonds. The van der Waals surface area contributed by atoms with E-state index in [1.165, 1.54) is 25.4 Å². The van der Waals surface area contributed by atoms with Crippen LogP contribution in [0.4, 0.5) is 13.2 Å². The Balaban J connectivity index is 0.000000598. The van der Waals surface area contributed by atoms with Crippen molar-refractivity contribution in [3.05, 3.63) is 43.4 Å². The maximum absolute atomic E-state index is 11.5. The number of halogens is 3. The Morgan fingerprint density at radius 2 is 1.13 bits per heavy atom. The van der Waals surface area contributed by atoms with E-state index in [1.807, 2.05) is 20.8 Å². The number of aliphatic imine (C=N–C) groups is 12. The summed E-state index contributed by atoms with van der Waals surface area (Å²) in [6.45, 7) is 12.8. The second-order valence-corrected chi connectivity index (χ2v) is 9.47. The van der Waals surface area contributed by atoms with Gasteiger partial charge in [0.1, 0.15) is 49.0 Å². The molecule has 0 saturated carbocycles. The first-order valence-corrected chi connectivity index (χ1v) is 15.6. The highest BCUT2D eigenvalue weighted by molar-refractivity contribution is 6.00. The molecule has 0 radical (unpaired) electrons. The van der Waals surface area contributed by atoms with Gasteiger partial charge in [-0.15, -0.1) is 20.4 Å². The zero-order chi connectivity index (χ0) is 39.5. The van der Waals surface area contributed by atoms with Crippen molar-refractivity contribution >= 4 is 73.3 Å². The molecule has 23 heteroatoms. The van der Waals surface area contributed by atoms with Crippen molar-refractivity contribution in [1.29, 1.82) is 0 Å². The smallest absolute Gasteiger partial charge is 0.431 e.